The highest BCUT2D eigenvalue weighted by molar-refractivity contribution is 9.11. The van der Waals surface area contributed by atoms with E-state index in [-0.39, 0.29) is 5.97 Å². The van der Waals surface area contributed by atoms with E-state index in [0.717, 1.165) is 55.0 Å². The summed E-state index contributed by atoms with van der Waals surface area (Å²) in [6.07, 6.45) is 8.24. The fourth-order valence-corrected chi connectivity index (χ4v) is 2.77. The summed E-state index contributed by atoms with van der Waals surface area (Å²) in [7, 11) is 1.42. The number of unbranched alkanes of at least 4 members (excludes halogenated alkanes) is 4. The molecule has 0 spiro atoms. The Morgan fingerprint density at radius 2 is 1.83 bits per heavy atom. The van der Waals surface area contributed by atoms with E-state index < -0.39 is 0 Å². The van der Waals surface area contributed by atoms with Gasteiger partial charge in [-0.25, -0.2) is 0 Å². The number of hydrogen-bond donors (Lipinski definition) is 0. The number of ketones is 1. The van der Waals surface area contributed by atoms with E-state index in [1.807, 2.05) is 0 Å². The van der Waals surface area contributed by atoms with Crippen molar-refractivity contribution < 1.29 is 14.3 Å². The van der Waals surface area contributed by atoms with Gasteiger partial charge < -0.3 is 4.74 Å². The summed E-state index contributed by atoms with van der Waals surface area (Å²) in [5.74, 6) is 0.188. The van der Waals surface area contributed by atoms with Gasteiger partial charge in [0.25, 0.3) is 0 Å². The Bertz CT molecular complexity index is 334. The molecule has 0 atom stereocenters. The maximum Gasteiger partial charge on any atom is 0.305 e. The number of hydrogen-bond acceptors (Lipinski definition) is 3. The monoisotopic (exact) mass is 316 g/mol. The van der Waals surface area contributed by atoms with E-state index in [1.165, 1.54) is 7.11 Å². The van der Waals surface area contributed by atoms with Crippen molar-refractivity contribution in [1.29, 1.82) is 0 Å². The van der Waals surface area contributed by atoms with Gasteiger partial charge in [0.2, 0.25) is 0 Å². The van der Waals surface area contributed by atoms with Crippen LogP contribution in [-0.4, -0.2) is 18.9 Å². The van der Waals surface area contributed by atoms with Crippen molar-refractivity contribution in [3.05, 3.63) is 10.1 Å². The lowest BCUT2D eigenvalue weighted by atomic mass is 10.0. The van der Waals surface area contributed by atoms with Crippen LogP contribution in [0.4, 0.5) is 0 Å². The molecule has 4 heteroatoms. The molecule has 0 bridgehead atoms. The first kappa shape index (κ1) is 15.4. The van der Waals surface area contributed by atoms with E-state index in [1.54, 1.807) is 0 Å². The minimum absolute atomic E-state index is 0.124. The molecule has 0 saturated heterocycles. The van der Waals surface area contributed by atoms with Crippen molar-refractivity contribution in [2.75, 3.05) is 7.11 Å². The Morgan fingerprint density at radius 1 is 1.17 bits per heavy atom. The van der Waals surface area contributed by atoms with Crippen LogP contribution in [0.25, 0.3) is 0 Å². The Morgan fingerprint density at radius 3 is 2.44 bits per heavy atom. The second-order valence-corrected chi connectivity index (χ2v) is 5.61. The van der Waals surface area contributed by atoms with Crippen LogP contribution >= 0.6 is 15.9 Å². The molecule has 0 fully saturated rings. The maximum atomic E-state index is 11.5. The van der Waals surface area contributed by atoms with Gasteiger partial charge >= 0.3 is 5.97 Å². The molecule has 3 nitrogen and oxygen atoms in total. The van der Waals surface area contributed by atoms with Crippen molar-refractivity contribution in [2.24, 2.45) is 0 Å². The predicted octanol–water partition coefficient (Wildman–Crippen LogP) is 3.90. The molecule has 1 aliphatic rings. The van der Waals surface area contributed by atoms with Crippen LogP contribution in [0.5, 0.6) is 0 Å². The number of Topliss-reactive ketones (excluding diaryl/α,β-unsaturated/α-hetero) is 1. The summed E-state index contributed by atoms with van der Waals surface area (Å²) in [4.78, 5) is 22.4. The van der Waals surface area contributed by atoms with Gasteiger partial charge in [0.15, 0.2) is 5.78 Å². The van der Waals surface area contributed by atoms with E-state index in [2.05, 4.69) is 20.7 Å². The zero-order valence-corrected chi connectivity index (χ0v) is 12.6. The van der Waals surface area contributed by atoms with Crippen LogP contribution in [0.15, 0.2) is 10.1 Å². The lowest BCUT2D eigenvalue weighted by molar-refractivity contribution is -0.140. The van der Waals surface area contributed by atoms with Crippen molar-refractivity contribution in [3.8, 4) is 0 Å². The first-order valence-corrected chi connectivity index (χ1v) is 7.42. The topological polar surface area (TPSA) is 43.4 Å². The maximum absolute atomic E-state index is 11.5. The highest BCUT2D eigenvalue weighted by atomic mass is 79.9. The quantitative estimate of drug-likeness (QED) is 0.504. The average Bonchev–Trinajstić information content (AvgIpc) is 2.68. The summed E-state index contributed by atoms with van der Waals surface area (Å²) >= 11 is 3.47. The summed E-state index contributed by atoms with van der Waals surface area (Å²) in [5.41, 5.74) is 1.00. The van der Waals surface area contributed by atoms with Gasteiger partial charge in [0.1, 0.15) is 0 Å². The van der Waals surface area contributed by atoms with E-state index in [0.29, 0.717) is 18.6 Å². The van der Waals surface area contributed by atoms with Crippen molar-refractivity contribution in [2.45, 2.75) is 57.8 Å². The van der Waals surface area contributed by atoms with Crippen molar-refractivity contribution in [1.82, 2.24) is 0 Å². The van der Waals surface area contributed by atoms with E-state index in [4.69, 9.17) is 0 Å². The highest BCUT2D eigenvalue weighted by Crippen LogP contribution is 2.31. The third-order valence-electron chi connectivity index (χ3n) is 3.27. The van der Waals surface area contributed by atoms with Gasteiger partial charge in [-0.3, -0.25) is 9.59 Å². The molecule has 0 aromatic rings. The first-order valence-electron chi connectivity index (χ1n) is 6.62. The Hall–Kier alpha value is -0.640. The first-order chi connectivity index (χ1) is 8.65. The minimum atomic E-state index is -0.124. The normalized spacial score (nSPS) is 15.3. The lowest BCUT2D eigenvalue weighted by Crippen LogP contribution is -1.99. The molecular formula is C14H21BrO3. The Labute approximate surface area is 117 Å². The molecule has 0 radical (unpaired) electrons. The predicted molar refractivity (Wildman–Crippen MR) is 74.5 cm³/mol. The summed E-state index contributed by atoms with van der Waals surface area (Å²) in [5, 5.41) is 0. The number of rotatable bonds is 8. The molecule has 0 aromatic carbocycles. The second-order valence-electron chi connectivity index (χ2n) is 4.65. The van der Waals surface area contributed by atoms with Crippen LogP contribution in [-0.2, 0) is 14.3 Å². The van der Waals surface area contributed by atoms with Crippen molar-refractivity contribution in [3.63, 3.8) is 0 Å². The number of carbonyl (C=O) groups is 2. The standard InChI is InChI=1S/C14H21BrO3/c1-18-14(17)8-6-4-2-3-5-7-11-12(15)9-10-13(11)16/h2-10H2,1H3. The zero-order chi connectivity index (χ0) is 13.4. The molecule has 0 aromatic heterocycles. The van der Waals surface area contributed by atoms with Crippen LogP contribution in [0.2, 0.25) is 0 Å². The second kappa shape index (κ2) is 8.46. The fraction of sp³-hybridized carbons (Fsp3) is 0.714. The van der Waals surface area contributed by atoms with E-state index in [9.17, 15) is 9.59 Å². The average molecular weight is 317 g/mol. The molecule has 102 valence electrons. The van der Waals surface area contributed by atoms with Gasteiger partial charge in [-0.1, -0.05) is 35.2 Å². The minimum Gasteiger partial charge on any atom is -0.469 e. The molecule has 0 heterocycles. The van der Waals surface area contributed by atoms with Crippen LogP contribution in [0.3, 0.4) is 0 Å². The molecule has 0 amide bonds. The summed E-state index contributed by atoms with van der Waals surface area (Å²) < 4.78 is 5.69. The largest absolute Gasteiger partial charge is 0.469 e. The van der Waals surface area contributed by atoms with Crippen LogP contribution in [0, 0.1) is 0 Å². The van der Waals surface area contributed by atoms with E-state index >= 15 is 0 Å². The lowest BCUT2D eigenvalue weighted by Gasteiger charge is -2.03. The molecule has 0 N–H and O–H groups in total. The van der Waals surface area contributed by atoms with Gasteiger partial charge in [-0.15, -0.1) is 0 Å². The molecule has 1 aliphatic carbocycles. The highest BCUT2D eigenvalue weighted by Gasteiger charge is 2.20. The Kier molecular flexibility index (Phi) is 7.25. The van der Waals surface area contributed by atoms with Gasteiger partial charge in [-0.05, 0) is 25.7 Å². The molecule has 18 heavy (non-hydrogen) atoms. The third-order valence-corrected chi connectivity index (χ3v) is 4.15. The number of esters is 1. The zero-order valence-electron chi connectivity index (χ0n) is 11.0. The SMILES string of the molecule is COC(=O)CCCCCCCC1=C(Br)CCC1=O. The van der Waals surface area contributed by atoms with Gasteiger partial charge in [-0.2, -0.15) is 0 Å². The van der Waals surface area contributed by atoms with Crippen LogP contribution < -0.4 is 0 Å². The molecule has 1 rings (SSSR count). The number of methoxy groups -OCH3 is 1. The smallest absolute Gasteiger partial charge is 0.305 e. The van der Waals surface area contributed by atoms with Crippen LogP contribution in [0.1, 0.15) is 57.8 Å². The number of ether oxygens (including phenoxy) is 1. The number of halogens is 1. The van der Waals surface area contributed by atoms with Crippen molar-refractivity contribution >= 4 is 27.7 Å². The summed E-state index contributed by atoms with van der Waals surface area (Å²) in [6.45, 7) is 0. The molecule has 0 saturated carbocycles. The number of allylic oxidation sites excluding steroid dienone is 2. The molecule has 0 unspecified atom stereocenters. The molecule has 0 aliphatic heterocycles. The van der Waals surface area contributed by atoms with Gasteiger partial charge in [0, 0.05) is 22.9 Å². The fourth-order valence-electron chi connectivity index (χ4n) is 2.15. The number of carbonyl (C=O) groups excluding carboxylic acids is 2. The summed E-state index contributed by atoms with van der Waals surface area (Å²) in [6, 6.07) is 0. The van der Waals surface area contributed by atoms with Gasteiger partial charge in [0.05, 0.1) is 7.11 Å². The Balaban J connectivity index is 2.01. The molecular weight excluding hydrogens is 296 g/mol. The third kappa shape index (κ3) is 5.34.